The van der Waals surface area contributed by atoms with E-state index in [1.165, 1.54) is 23.9 Å². The highest BCUT2D eigenvalue weighted by Crippen LogP contribution is 2.41. The average Bonchev–Trinajstić information content (AvgIpc) is 3.29. The summed E-state index contributed by atoms with van der Waals surface area (Å²) < 4.78 is 66.4. The van der Waals surface area contributed by atoms with Gasteiger partial charge in [0.2, 0.25) is 5.95 Å². The number of aromatic nitrogens is 4. The van der Waals surface area contributed by atoms with Crippen LogP contribution in [0.5, 0.6) is 5.75 Å². The van der Waals surface area contributed by atoms with E-state index in [1.54, 1.807) is 24.7 Å². The number of anilines is 2. The molecule has 218 valence electrons. The number of methoxy groups -OCH3 is 1. The Labute approximate surface area is 236 Å². The third-order valence-corrected chi connectivity index (χ3v) is 9.25. The molecule has 3 N–H and O–H groups in total. The second-order valence-electron chi connectivity index (χ2n) is 10.4. The van der Waals surface area contributed by atoms with Crippen LogP contribution in [0.4, 0.5) is 20.4 Å². The van der Waals surface area contributed by atoms with Gasteiger partial charge in [0.05, 0.1) is 46.7 Å². The summed E-state index contributed by atoms with van der Waals surface area (Å²) in [6, 6.07) is 6.78. The van der Waals surface area contributed by atoms with Crippen LogP contribution in [0.1, 0.15) is 31.2 Å². The van der Waals surface area contributed by atoms with Crippen molar-refractivity contribution in [2.45, 2.75) is 37.0 Å². The Bertz CT molecular complexity index is 1630. The van der Waals surface area contributed by atoms with Crippen molar-refractivity contribution in [3.8, 4) is 17.0 Å². The molecule has 0 spiro atoms. The Kier molecular flexibility index (Phi) is 8.20. The third-order valence-electron chi connectivity index (χ3n) is 7.44. The van der Waals surface area contributed by atoms with Crippen molar-refractivity contribution >= 4 is 27.0 Å². The number of pyridine rings is 1. The molecule has 1 aliphatic carbocycles. The molecule has 3 heterocycles. The number of rotatable bonds is 9. The van der Waals surface area contributed by atoms with Crippen LogP contribution in [0.3, 0.4) is 0 Å². The van der Waals surface area contributed by atoms with Gasteiger partial charge in [0.1, 0.15) is 24.0 Å². The van der Waals surface area contributed by atoms with Crippen LogP contribution in [0.25, 0.3) is 16.8 Å². The molecule has 1 aliphatic rings. The van der Waals surface area contributed by atoms with Crippen molar-refractivity contribution in [2.24, 2.45) is 11.7 Å². The van der Waals surface area contributed by atoms with Gasteiger partial charge in [-0.1, -0.05) is 6.92 Å². The van der Waals surface area contributed by atoms with Gasteiger partial charge >= 0.3 is 0 Å². The van der Waals surface area contributed by atoms with E-state index in [0.29, 0.717) is 30.0 Å². The summed E-state index contributed by atoms with van der Waals surface area (Å²) in [6.07, 6.45) is 7.29. The number of fused-ring (bicyclic) bond motifs is 1. The van der Waals surface area contributed by atoms with Gasteiger partial charge in [0.25, 0.3) is 0 Å². The maximum absolute atomic E-state index is 15.0. The average molecular weight is 587 g/mol. The van der Waals surface area contributed by atoms with Crippen LogP contribution in [-0.4, -0.2) is 65.9 Å². The quantitative estimate of drug-likeness (QED) is 0.278. The molecule has 0 bridgehead atoms. The molecular weight excluding hydrogens is 554 g/mol. The molecule has 13 heteroatoms. The van der Waals surface area contributed by atoms with E-state index in [4.69, 9.17) is 15.2 Å². The zero-order valence-corrected chi connectivity index (χ0v) is 23.7. The van der Waals surface area contributed by atoms with Crippen molar-refractivity contribution in [1.82, 2.24) is 19.6 Å². The molecular formula is C28H32F2N6O4S. The molecule has 41 heavy (non-hydrogen) atoms. The first-order valence-electron chi connectivity index (χ1n) is 13.2. The SMILES string of the molecule is COCCOc1cc(F)c(-c2ccc3cnc(Nc4cnccc4[C@H]4C[C@@H](N)[C@H](S(C)(=O)=O)[C@@H](C)C4)n3n2)c(F)c1. The smallest absolute Gasteiger partial charge is 0.229 e. The summed E-state index contributed by atoms with van der Waals surface area (Å²) in [4.78, 5) is 8.68. The minimum Gasteiger partial charge on any atom is -0.491 e. The summed E-state index contributed by atoms with van der Waals surface area (Å²) in [5, 5.41) is 7.14. The molecule has 3 aromatic heterocycles. The zero-order valence-electron chi connectivity index (χ0n) is 22.9. The van der Waals surface area contributed by atoms with Gasteiger partial charge in [0, 0.05) is 37.7 Å². The molecule has 0 unspecified atom stereocenters. The third kappa shape index (κ3) is 6.02. The lowest BCUT2D eigenvalue weighted by Crippen LogP contribution is -2.48. The minimum absolute atomic E-state index is 0.00828. The predicted molar refractivity (Wildman–Crippen MR) is 151 cm³/mol. The van der Waals surface area contributed by atoms with E-state index in [-0.39, 0.29) is 42.1 Å². The van der Waals surface area contributed by atoms with Crippen molar-refractivity contribution in [3.63, 3.8) is 0 Å². The van der Waals surface area contributed by atoms with E-state index in [0.717, 1.165) is 17.7 Å². The summed E-state index contributed by atoms with van der Waals surface area (Å²) in [5.41, 5.74) is 8.32. The van der Waals surface area contributed by atoms with Crippen molar-refractivity contribution in [3.05, 3.63) is 66.1 Å². The summed E-state index contributed by atoms with van der Waals surface area (Å²) in [7, 11) is -1.78. The van der Waals surface area contributed by atoms with Crippen molar-refractivity contribution in [2.75, 3.05) is 31.9 Å². The topological polar surface area (TPSA) is 134 Å². The minimum atomic E-state index is -3.29. The number of imidazole rings is 1. The van der Waals surface area contributed by atoms with Gasteiger partial charge in [-0.05, 0) is 48.4 Å². The fourth-order valence-corrected chi connectivity index (χ4v) is 7.47. The highest BCUT2D eigenvalue weighted by molar-refractivity contribution is 7.91. The lowest BCUT2D eigenvalue weighted by Gasteiger charge is -2.38. The first kappa shape index (κ1) is 28.8. The molecule has 1 aromatic carbocycles. The second-order valence-corrected chi connectivity index (χ2v) is 12.6. The highest BCUT2D eigenvalue weighted by Gasteiger charge is 2.40. The molecule has 1 saturated carbocycles. The predicted octanol–water partition coefficient (Wildman–Crippen LogP) is 4.09. The molecule has 10 nitrogen and oxygen atoms in total. The maximum atomic E-state index is 15.0. The lowest BCUT2D eigenvalue weighted by atomic mass is 9.76. The number of nitrogens with two attached hydrogens (primary N) is 1. The normalized spacial score (nSPS) is 21.2. The van der Waals surface area contributed by atoms with E-state index < -0.39 is 32.8 Å². The molecule has 0 radical (unpaired) electrons. The largest absolute Gasteiger partial charge is 0.491 e. The van der Waals surface area contributed by atoms with Gasteiger partial charge in [-0.2, -0.15) is 9.61 Å². The van der Waals surface area contributed by atoms with E-state index in [1.807, 2.05) is 13.0 Å². The molecule has 0 saturated heterocycles. The van der Waals surface area contributed by atoms with Crippen LogP contribution in [0.15, 0.2) is 48.9 Å². The molecule has 5 rings (SSSR count). The van der Waals surface area contributed by atoms with Crippen molar-refractivity contribution < 1.29 is 26.7 Å². The highest BCUT2D eigenvalue weighted by atomic mass is 32.2. The Morgan fingerprint density at radius 3 is 2.56 bits per heavy atom. The van der Waals surface area contributed by atoms with Crippen LogP contribution in [0, 0.1) is 17.6 Å². The fourth-order valence-electron chi connectivity index (χ4n) is 5.77. The number of nitrogens with zero attached hydrogens (tertiary/aromatic N) is 4. The second kappa shape index (κ2) is 11.7. The Hall–Kier alpha value is -3.68. The van der Waals surface area contributed by atoms with Crippen LogP contribution in [-0.2, 0) is 14.6 Å². The number of halogens is 2. The molecule has 4 atom stereocenters. The molecule has 4 aromatic rings. The Morgan fingerprint density at radius 1 is 1.12 bits per heavy atom. The van der Waals surface area contributed by atoms with Crippen LogP contribution in [0.2, 0.25) is 0 Å². The van der Waals surface area contributed by atoms with Gasteiger partial charge in [-0.3, -0.25) is 4.98 Å². The maximum Gasteiger partial charge on any atom is 0.229 e. The van der Waals surface area contributed by atoms with Crippen molar-refractivity contribution in [1.29, 1.82) is 0 Å². The number of ether oxygens (including phenoxy) is 2. The fraction of sp³-hybridized carbons (Fsp3) is 0.393. The van der Waals surface area contributed by atoms with E-state index >= 15 is 8.78 Å². The number of hydrogen-bond acceptors (Lipinski definition) is 9. The number of benzene rings is 1. The van der Waals surface area contributed by atoms with Crippen LogP contribution >= 0.6 is 0 Å². The molecule has 1 fully saturated rings. The number of sulfone groups is 1. The monoisotopic (exact) mass is 586 g/mol. The molecule has 0 aliphatic heterocycles. The standard InChI is InChI=1S/C28H32F2N6O4S/c1-16-10-17(11-23(31)27(16)41(3,37)38)20-6-7-32-15-25(20)34-28-33-14-18-4-5-24(35-36(18)28)26-21(29)12-19(13-22(26)30)40-9-8-39-2/h4-7,12-17,23,27H,8-11,31H2,1-3H3,(H,33,34)/t16-,17+,23+,27+/m0/s1. The zero-order chi connectivity index (χ0) is 29.3. The van der Waals surface area contributed by atoms with Gasteiger partial charge in [-0.25, -0.2) is 22.2 Å². The van der Waals surface area contributed by atoms with E-state index in [9.17, 15) is 8.42 Å². The summed E-state index contributed by atoms with van der Waals surface area (Å²) >= 11 is 0. The van der Waals surface area contributed by atoms with Crippen LogP contribution < -0.4 is 15.8 Å². The Balaban J connectivity index is 1.44. The van der Waals surface area contributed by atoms with Gasteiger partial charge in [0.15, 0.2) is 9.84 Å². The van der Waals surface area contributed by atoms with Gasteiger partial charge < -0.3 is 20.5 Å². The van der Waals surface area contributed by atoms with Gasteiger partial charge in [-0.15, -0.1) is 0 Å². The summed E-state index contributed by atoms with van der Waals surface area (Å²) in [5.74, 6) is -1.40. The number of nitrogens with one attached hydrogen (secondary N) is 1. The lowest BCUT2D eigenvalue weighted by molar-refractivity contribution is 0.146. The van der Waals surface area contributed by atoms with E-state index in [2.05, 4.69) is 20.4 Å². The molecule has 0 amide bonds. The first-order chi connectivity index (χ1) is 19.6. The first-order valence-corrected chi connectivity index (χ1v) is 15.1. The summed E-state index contributed by atoms with van der Waals surface area (Å²) in [6.45, 7) is 2.35. The number of hydrogen-bond donors (Lipinski definition) is 2. The Morgan fingerprint density at radius 2 is 1.88 bits per heavy atom.